The Morgan fingerprint density at radius 2 is 2.18 bits per heavy atom. The molecule has 0 unspecified atom stereocenters. The normalized spacial score (nSPS) is 10.3. The zero-order chi connectivity index (χ0) is 12.4. The first-order valence-electron chi connectivity index (χ1n) is 4.95. The fraction of sp³-hybridized carbons (Fsp3) is 0.0833. The van der Waals surface area contributed by atoms with E-state index in [4.69, 9.17) is 11.6 Å². The van der Waals surface area contributed by atoms with Gasteiger partial charge in [0.15, 0.2) is 0 Å². The summed E-state index contributed by atoms with van der Waals surface area (Å²) in [5, 5.41) is 3.42. The molecule has 1 heterocycles. The third-order valence-electron chi connectivity index (χ3n) is 2.35. The zero-order valence-electron chi connectivity index (χ0n) is 9.08. The molecular formula is C12H10BrClN2O. The SMILES string of the molecule is Cn1cccc1C(=O)Nc1ccc(Cl)c(Br)c1. The second kappa shape index (κ2) is 4.94. The topological polar surface area (TPSA) is 34.0 Å². The van der Waals surface area contributed by atoms with Crippen molar-refractivity contribution in [3.63, 3.8) is 0 Å². The lowest BCUT2D eigenvalue weighted by Gasteiger charge is -2.07. The summed E-state index contributed by atoms with van der Waals surface area (Å²) < 4.78 is 2.52. The highest BCUT2D eigenvalue weighted by molar-refractivity contribution is 9.10. The molecule has 5 heteroatoms. The third kappa shape index (κ3) is 2.70. The molecule has 0 fully saturated rings. The van der Waals surface area contributed by atoms with E-state index in [0.29, 0.717) is 16.4 Å². The molecule has 3 nitrogen and oxygen atoms in total. The monoisotopic (exact) mass is 312 g/mol. The standard InChI is InChI=1S/C12H10BrClN2O/c1-16-6-2-3-11(16)12(17)15-8-4-5-10(14)9(13)7-8/h2-7H,1H3,(H,15,17). The van der Waals surface area contributed by atoms with Gasteiger partial charge in [-0.15, -0.1) is 0 Å². The lowest BCUT2D eigenvalue weighted by Crippen LogP contribution is -2.15. The van der Waals surface area contributed by atoms with Crippen molar-refractivity contribution in [2.45, 2.75) is 0 Å². The second-order valence-corrected chi connectivity index (χ2v) is 4.85. The summed E-state index contributed by atoms with van der Waals surface area (Å²) in [6.45, 7) is 0. The van der Waals surface area contributed by atoms with E-state index in [9.17, 15) is 4.79 Å². The molecule has 1 aromatic carbocycles. The first kappa shape index (κ1) is 12.2. The van der Waals surface area contributed by atoms with Gasteiger partial charge in [0.2, 0.25) is 0 Å². The van der Waals surface area contributed by atoms with Crippen LogP contribution >= 0.6 is 27.5 Å². The molecule has 0 spiro atoms. The second-order valence-electron chi connectivity index (χ2n) is 3.59. The van der Waals surface area contributed by atoms with E-state index in [0.717, 1.165) is 4.47 Å². The van der Waals surface area contributed by atoms with Crippen molar-refractivity contribution in [2.75, 3.05) is 5.32 Å². The van der Waals surface area contributed by atoms with Gasteiger partial charge < -0.3 is 9.88 Å². The van der Waals surface area contributed by atoms with Crippen LogP contribution < -0.4 is 5.32 Å². The van der Waals surface area contributed by atoms with E-state index in [1.807, 2.05) is 19.3 Å². The number of benzene rings is 1. The predicted molar refractivity (Wildman–Crippen MR) is 72.5 cm³/mol. The fourth-order valence-electron chi connectivity index (χ4n) is 1.47. The summed E-state index contributed by atoms with van der Waals surface area (Å²) in [4.78, 5) is 11.9. The van der Waals surface area contributed by atoms with Gasteiger partial charge in [0.25, 0.3) is 5.91 Å². The number of aromatic nitrogens is 1. The van der Waals surface area contributed by atoms with Gasteiger partial charge in [-0.3, -0.25) is 4.79 Å². The Kier molecular flexibility index (Phi) is 3.54. The van der Waals surface area contributed by atoms with Crippen molar-refractivity contribution in [1.82, 2.24) is 4.57 Å². The summed E-state index contributed by atoms with van der Waals surface area (Å²) in [6.07, 6.45) is 1.83. The first-order chi connectivity index (χ1) is 8.08. The maximum atomic E-state index is 11.9. The summed E-state index contributed by atoms with van der Waals surface area (Å²) in [5.74, 6) is -0.147. The lowest BCUT2D eigenvalue weighted by molar-refractivity contribution is 0.101. The molecule has 0 aliphatic rings. The molecule has 0 aliphatic carbocycles. The van der Waals surface area contributed by atoms with Crippen LogP contribution in [0.4, 0.5) is 5.69 Å². The molecule has 0 saturated heterocycles. The van der Waals surface area contributed by atoms with Gasteiger partial charge in [0, 0.05) is 23.4 Å². The number of rotatable bonds is 2. The smallest absolute Gasteiger partial charge is 0.272 e. The molecule has 1 N–H and O–H groups in total. The molecule has 0 bridgehead atoms. The average molecular weight is 314 g/mol. The number of nitrogens with zero attached hydrogens (tertiary/aromatic N) is 1. The number of aryl methyl sites for hydroxylation is 1. The summed E-state index contributed by atoms with van der Waals surface area (Å²) in [7, 11) is 1.83. The van der Waals surface area contributed by atoms with E-state index >= 15 is 0 Å². The van der Waals surface area contributed by atoms with E-state index in [2.05, 4.69) is 21.2 Å². The number of carbonyl (C=O) groups is 1. The van der Waals surface area contributed by atoms with Crippen molar-refractivity contribution in [1.29, 1.82) is 0 Å². The van der Waals surface area contributed by atoms with Crippen molar-refractivity contribution in [3.8, 4) is 0 Å². The van der Waals surface area contributed by atoms with Crippen molar-refractivity contribution in [2.24, 2.45) is 7.05 Å². The average Bonchev–Trinajstić information content (AvgIpc) is 2.70. The lowest BCUT2D eigenvalue weighted by atomic mass is 10.3. The van der Waals surface area contributed by atoms with Crippen LogP contribution in [0.5, 0.6) is 0 Å². The Bertz CT molecular complexity index is 565. The highest BCUT2D eigenvalue weighted by atomic mass is 79.9. The maximum Gasteiger partial charge on any atom is 0.272 e. The van der Waals surface area contributed by atoms with Crippen molar-refractivity contribution in [3.05, 3.63) is 51.7 Å². The molecular weight excluding hydrogens is 304 g/mol. The Labute approximate surface area is 113 Å². The van der Waals surface area contributed by atoms with Crippen LogP contribution in [-0.4, -0.2) is 10.5 Å². The molecule has 1 aromatic heterocycles. The van der Waals surface area contributed by atoms with E-state index in [-0.39, 0.29) is 5.91 Å². The van der Waals surface area contributed by atoms with E-state index in [1.165, 1.54) is 0 Å². The Hall–Kier alpha value is -1.26. The zero-order valence-corrected chi connectivity index (χ0v) is 11.4. The van der Waals surface area contributed by atoms with Crippen LogP contribution in [0.25, 0.3) is 0 Å². The third-order valence-corrected chi connectivity index (χ3v) is 3.57. The largest absolute Gasteiger partial charge is 0.347 e. The van der Waals surface area contributed by atoms with Crippen molar-refractivity contribution < 1.29 is 4.79 Å². The predicted octanol–water partition coefficient (Wildman–Crippen LogP) is 3.69. The van der Waals surface area contributed by atoms with Crippen LogP contribution in [0.3, 0.4) is 0 Å². The number of anilines is 1. The summed E-state index contributed by atoms with van der Waals surface area (Å²) in [6, 6.07) is 8.84. The molecule has 2 aromatic rings. The number of amides is 1. The minimum absolute atomic E-state index is 0.147. The van der Waals surface area contributed by atoms with Gasteiger partial charge in [-0.2, -0.15) is 0 Å². The number of hydrogen-bond donors (Lipinski definition) is 1. The van der Waals surface area contributed by atoms with Gasteiger partial charge >= 0.3 is 0 Å². The molecule has 88 valence electrons. The van der Waals surface area contributed by atoms with Crippen LogP contribution in [0.2, 0.25) is 5.02 Å². The fourth-order valence-corrected chi connectivity index (χ4v) is 1.96. The highest BCUT2D eigenvalue weighted by Crippen LogP contribution is 2.25. The maximum absolute atomic E-state index is 11.9. The molecule has 0 aliphatic heterocycles. The molecule has 0 saturated carbocycles. The number of halogens is 2. The van der Waals surface area contributed by atoms with Crippen LogP contribution in [0, 0.1) is 0 Å². The molecule has 2 rings (SSSR count). The summed E-state index contributed by atoms with van der Waals surface area (Å²) >= 11 is 9.19. The minimum Gasteiger partial charge on any atom is -0.347 e. The first-order valence-corrected chi connectivity index (χ1v) is 6.13. The highest BCUT2D eigenvalue weighted by Gasteiger charge is 2.09. The minimum atomic E-state index is -0.147. The Morgan fingerprint density at radius 1 is 1.41 bits per heavy atom. The van der Waals surface area contributed by atoms with E-state index in [1.54, 1.807) is 28.8 Å². The van der Waals surface area contributed by atoms with Crippen LogP contribution in [0.15, 0.2) is 41.0 Å². The van der Waals surface area contributed by atoms with Gasteiger partial charge in [0.1, 0.15) is 5.69 Å². The van der Waals surface area contributed by atoms with Crippen molar-refractivity contribution >= 4 is 39.1 Å². The van der Waals surface area contributed by atoms with Gasteiger partial charge in [0.05, 0.1) is 5.02 Å². The Morgan fingerprint density at radius 3 is 2.76 bits per heavy atom. The number of nitrogens with one attached hydrogen (secondary N) is 1. The van der Waals surface area contributed by atoms with E-state index < -0.39 is 0 Å². The van der Waals surface area contributed by atoms with Gasteiger partial charge in [-0.05, 0) is 46.3 Å². The Balaban J connectivity index is 2.19. The molecule has 1 amide bonds. The van der Waals surface area contributed by atoms with Gasteiger partial charge in [-0.25, -0.2) is 0 Å². The number of hydrogen-bond acceptors (Lipinski definition) is 1. The molecule has 0 radical (unpaired) electrons. The molecule has 17 heavy (non-hydrogen) atoms. The summed E-state index contributed by atoms with van der Waals surface area (Å²) in [5.41, 5.74) is 1.31. The van der Waals surface area contributed by atoms with Crippen LogP contribution in [0.1, 0.15) is 10.5 Å². The van der Waals surface area contributed by atoms with Gasteiger partial charge in [-0.1, -0.05) is 11.6 Å². The van der Waals surface area contributed by atoms with Crippen LogP contribution in [-0.2, 0) is 7.05 Å². The quantitative estimate of drug-likeness (QED) is 0.901. The molecule has 0 atom stereocenters. The number of carbonyl (C=O) groups excluding carboxylic acids is 1.